The molecule has 44 heavy (non-hydrogen) atoms. The van der Waals surface area contributed by atoms with Crippen LogP contribution in [0, 0.1) is 22.9 Å². The first kappa shape index (κ1) is 30.1. The Kier molecular flexibility index (Phi) is 8.80. The highest BCUT2D eigenvalue weighted by atomic mass is 19.1. The number of aromatic nitrogens is 2. The summed E-state index contributed by atoms with van der Waals surface area (Å²) >= 11 is 0. The van der Waals surface area contributed by atoms with Crippen LogP contribution >= 0.6 is 0 Å². The van der Waals surface area contributed by atoms with Gasteiger partial charge in [0.25, 0.3) is 5.56 Å². The lowest BCUT2D eigenvalue weighted by Gasteiger charge is -2.18. The van der Waals surface area contributed by atoms with Crippen LogP contribution in [0.1, 0.15) is 48.9 Å². The molecular weight excluding hydrogens is 563 g/mol. The number of hydrogen-bond donors (Lipinski definition) is 0. The van der Waals surface area contributed by atoms with Crippen LogP contribution in [0.15, 0.2) is 88.8 Å². The Hall–Kier alpha value is -5.38. The molecule has 0 spiro atoms. The molecule has 10 heteroatoms. The first-order valence-electron chi connectivity index (χ1n) is 14.2. The van der Waals surface area contributed by atoms with Crippen molar-refractivity contribution in [3.8, 4) is 22.9 Å². The van der Waals surface area contributed by atoms with Gasteiger partial charge in [-0.3, -0.25) is 14.9 Å². The first-order valence-corrected chi connectivity index (χ1v) is 14.2. The van der Waals surface area contributed by atoms with Gasteiger partial charge in [0.15, 0.2) is 11.6 Å². The van der Waals surface area contributed by atoms with Crippen molar-refractivity contribution in [2.75, 3.05) is 6.61 Å². The van der Waals surface area contributed by atoms with E-state index >= 15 is 0 Å². The fourth-order valence-electron chi connectivity index (χ4n) is 4.82. The SMILES string of the molecule is CCOc1cc(C)c(-c2nc3ccccc3c(=O)n2N=Cc2ccc(OCc3ccc(F)cc3)c([N+](=O)[O-])c2)cc1C(C)C. The van der Waals surface area contributed by atoms with Gasteiger partial charge in [-0.25, -0.2) is 9.37 Å². The van der Waals surface area contributed by atoms with Crippen molar-refractivity contribution < 1.29 is 18.8 Å². The molecule has 0 aliphatic carbocycles. The van der Waals surface area contributed by atoms with Gasteiger partial charge in [0, 0.05) is 17.2 Å². The number of rotatable bonds is 10. The van der Waals surface area contributed by atoms with E-state index < -0.39 is 4.92 Å². The minimum absolute atomic E-state index is 0.0237. The number of nitrogens with zero attached hydrogens (tertiary/aromatic N) is 4. The molecule has 9 nitrogen and oxygen atoms in total. The van der Waals surface area contributed by atoms with E-state index in [1.165, 1.54) is 35.2 Å². The molecule has 1 aromatic heterocycles. The molecule has 0 aliphatic rings. The minimum Gasteiger partial charge on any atom is -0.494 e. The third-order valence-corrected chi connectivity index (χ3v) is 7.08. The monoisotopic (exact) mass is 594 g/mol. The van der Waals surface area contributed by atoms with Crippen LogP contribution in [0.4, 0.5) is 10.1 Å². The highest BCUT2D eigenvalue weighted by Gasteiger charge is 2.19. The summed E-state index contributed by atoms with van der Waals surface area (Å²) in [5.74, 6) is 0.916. The van der Waals surface area contributed by atoms with E-state index in [9.17, 15) is 19.3 Å². The lowest BCUT2D eigenvalue weighted by molar-refractivity contribution is -0.385. The van der Waals surface area contributed by atoms with E-state index in [0.717, 1.165) is 16.9 Å². The molecule has 0 radical (unpaired) electrons. The van der Waals surface area contributed by atoms with Gasteiger partial charge in [-0.2, -0.15) is 9.78 Å². The zero-order valence-electron chi connectivity index (χ0n) is 24.8. The summed E-state index contributed by atoms with van der Waals surface area (Å²) in [4.78, 5) is 29.9. The summed E-state index contributed by atoms with van der Waals surface area (Å²) in [7, 11) is 0. The molecule has 0 bridgehead atoms. The van der Waals surface area contributed by atoms with Gasteiger partial charge in [0.05, 0.1) is 28.6 Å². The molecule has 0 atom stereocenters. The second-order valence-corrected chi connectivity index (χ2v) is 10.5. The summed E-state index contributed by atoms with van der Waals surface area (Å²) in [6.45, 7) is 8.52. The number of nitro groups is 1. The average molecular weight is 595 g/mol. The molecule has 0 saturated heterocycles. The molecule has 0 amide bonds. The largest absolute Gasteiger partial charge is 0.494 e. The van der Waals surface area contributed by atoms with Gasteiger partial charge in [-0.15, -0.1) is 0 Å². The van der Waals surface area contributed by atoms with Gasteiger partial charge in [0.2, 0.25) is 0 Å². The predicted octanol–water partition coefficient (Wildman–Crippen LogP) is 7.40. The first-order chi connectivity index (χ1) is 21.2. The minimum atomic E-state index is -0.552. The maximum absolute atomic E-state index is 13.7. The van der Waals surface area contributed by atoms with Gasteiger partial charge in [0.1, 0.15) is 18.2 Å². The van der Waals surface area contributed by atoms with Crippen molar-refractivity contribution in [2.45, 2.75) is 40.2 Å². The molecule has 0 aliphatic heterocycles. The van der Waals surface area contributed by atoms with Crippen LogP contribution < -0.4 is 15.0 Å². The van der Waals surface area contributed by atoms with Gasteiger partial charge < -0.3 is 9.47 Å². The predicted molar refractivity (Wildman–Crippen MR) is 168 cm³/mol. The van der Waals surface area contributed by atoms with E-state index in [0.29, 0.717) is 40.0 Å². The number of benzene rings is 4. The Morgan fingerprint density at radius 3 is 2.48 bits per heavy atom. The van der Waals surface area contributed by atoms with Crippen molar-refractivity contribution in [2.24, 2.45) is 5.10 Å². The second-order valence-electron chi connectivity index (χ2n) is 10.5. The fraction of sp³-hybridized carbons (Fsp3) is 0.206. The fourth-order valence-corrected chi connectivity index (χ4v) is 4.82. The number of para-hydroxylation sites is 1. The van der Waals surface area contributed by atoms with Crippen LogP contribution in [-0.2, 0) is 6.61 Å². The lowest BCUT2D eigenvalue weighted by atomic mass is 9.96. The van der Waals surface area contributed by atoms with E-state index in [1.807, 2.05) is 32.0 Å². The Bertz CT molecular complexity index is 1930. The van der Waals surface area contributed by atoms with E-state index in [1.54, 1.807) is 36.4 Å². The molecule has 0 fully saturated rings. The van der Waals surface area contributed by atoms with E-state index in [2.05, 4.69) is 18.9 Å². The Morgan fingerprint density at radius 1 is 1.02 bits per heavy atom. The maximum atomic E-state index is 13.7. The quantitative estimate of drug-likeness (QED) is 0.0947. The Balaban J connectivity index is 1.57. The van der Waals surface area contributed by atoms with Crippen molar-refractivity contribution >= 4 is 22.8 Å². The zero-order valence-corrected chi connectivity index (χ0v) is 24.8. The molecule has 1 heterocycles. The Morgan fingerprint density at radius 2 is 1.77 bits per heavy atom. The standard InChI is InChI=1S/C34H31FN4O5/c1-5-43-32-16-22(4)28(18-27(32)21(2)3)33-37-29-9-7-6-8-26(29)34(40)38(33)36-19-24-12-15-31(30(17-24)39(41)42)44-20-23-10-13-25(35)14-11-23/h6-19,21H,5,20H2,1-4H3. The molecule has 5 rings (SSSR count). The van der Waals surface area contributed by atoms with Crippen LogP contribution in [0.3, 0.4) is 0 Å². The third kappa shape index (κ3) is 6.34. The molecule has 0 saturated carbocycles. The van der Waals surface area contributed by atoms with Crippen LogP contribution in [0.2, 0.25) is 0 Å². The Labute approximate surface area is 253 Å². The summed E-state index contributed by atoms with van der Waals surface area (Å²) in [6.07, 6.45) is 1.38. The summed E-state index contributed by atoms with van der Waals surface area (Å²) in [6, 6.07) is 21.0. The second kappa shape index (κ2) is 12.9. The van der Waals surface area contributed by atoms with Crippen LogP contribution in [0.25, 0.3) is 22.3 Å². The average Bonchev–Trinajstić information content (AvgIpc) is 3.00. The summed E-state index contributed by atoms with van der Waals surface area (Å²) < 4.78 is 26.0. The van der Waals surface area contributed by atoms with E-state index in [4.69, 9.17) is 14.5 Å². The lowest BCUT2D eigenvalue weighted by Crippen LogP contribution is -2.21. The number of aryl methyl sites for hydroxylation is 1. The van der Waals surface area contributed by atoms with Gasteiger partial charge >= 0.3 is 5.69 Å². The smallest absolute Gasteiger partial charge is 0.311 e. The van der Waals surface area contributed by atoms with Crippen LogP contribution in [0.5, 0.6) is 11.5 Å². The third-order valence-electron chi connectivity index (χ3n) is 7.08. The van der Waals surface area contributed by atoms with Crippen molar-refractivity contribution in [3.05, 3.63) is 127 Å². The molecule has 0 unspecified atom stereocenters. The molecule has 224 valence electrons. The molecular formula is C34H31FN4O5. The van der Waals surface area contributed by atoms with Gasteiger partial charge in [-0.1, -0.05) is 38.1 Å². The molecule has 4 aromatic carbocycles. The molecule has 5 aromatic rings. The number of nitro benzene ring substituents is 1. The van der Waals surface area contributed by atoms with E-state index in [-0.39, 0.29) is 35.3 Å². The normalized spacial score (nSPS) is 11.4. The number of hydrogen-bond acceptors (Lipinski definition) is 7. The number of ether oxygens (including phenoxy) is 2. The molecule has 0 N–H and O–H groups in total. The van der Waals surface area contributed by atoms with Crippen molar-refractivity contribution in [1.82, 2.24) is 9.66 Å². The topological polar surface area (TPSA) is 109 Å². The maximum Gasteiger partial charge on any atom is 0.311 e. The summed E-state index contributed by atoms with van der Waals surface area (Å²) in [5.41, 5.74) is 3.44. The highest BCUT2D eigenvalue weighted by molar-refractivity contribution is 5.83. The zero-order chi connectivity index (χ0) is 31.4. The highest BCUT2D eigenvalue weighted by Crippen LogP contribution is 2.34. The number of halogens is 1. The van der Waals surface area contributed by atoms with Crippen molar-refractivity contribution in [1.29, 1.82) is 0 Å². The van der Waals surface area contributed by atoms with Crippen LogP contribution in [-0.4, -0.2) is 27.4 Å². The van der Waals surface area contributed by atoms with Crippen molar-refractivity contribution in [3.63, 3.8) is 0 Å². The number of fused-ring (bicyclic) bond motifs is 1. The van der Waals surface area contributed by atoms with Gasteiger partial charge in [-0.05, 0) is 85.0 Å². The summed E-state index contributed by atoms with van der Waals surface area (Å²) in [5, 5.41) is 16.8.